The topological polar surface area (TPSA) is 54.0 Å². The predicted molar refractivity (Wildman–Crippen MR) is 120 cm³/mol. The van der Waals surface area contributed by atoms with Crippen LogP contribution >= 0.6 is 0 Å². The van der Waals surface area contributed by atoms with E-state index in [2.05, 4.69) is 46.3 Å². The van der Waals surface area contributed by atoms with E-state index in [0.717, 1.165) is 38.4 Å². The largest absolute Gasteiger partial charge is 0.490 e. The zero-order valence-corrected chi connectivity index (χ0v) is 18.3. The van der Waals surface area contributed by atoms with E-state index in [1.54, 1.807) is 0 Å². The fourth-order valence-corrected chi connectivity index (χ4v) is 3.67. The molecule has 1 fully saturated rings. The van der Waals surface area contributed by atoms with Crippen LogP contribution in [0.15, 0.2) is 42.5 Å². The summed E-state index contributed by atoms with van der Waals surface area (Å²) in [6.07, 6.45) is 0. The van der Waals surface area contributed by atoms with E-state index in [9.17, 15) is 4.79 Å². The lowest BCUT2D eigenvalue weighted by Crippen LogP contribution is -2.48. The number of nitrogens with one attached hydrogen (secondary N) is 1. The average Bonchev–Trinajstić information content (AvgIpc) is 2.73. The third kappa shape index (κ3) is 6.21. The molecule has 30 heavy (non-hydrogen) atoms. The van der Waals surface area contributed by atoms with E-state index in [4.69, 9.17) is 9.47 Å². The molecule has 0 saturated carbocycles. The second kappa shape index (κ2) is 11.0. The van der Waals surface area contributed by atoms with E-state index < -0.39 is 0 Å². The maximum Gasteiger partial charge on any atom is 0.238 e. The highest BCUT2D eigenvalue weighted by Crippen LogP contribution is 2.30. The third-order valence-electron chi connectivity index (χ3n) is 5.31. The smallest absolute Gasteiger partial charge is 0.238 e. The minimum Gasteiger partial charge on any atom is -0.490 e. The summed E-state index contributed by atoms with van der Waals surface area (Å²) >= 11 is 0. The summed E-state index contributed by atoms with van der Waals surface area (Å²) in [5, 5.41) is 2.99. The fraction of sp³-hybridized carbons (Fsp3) is 0.458. The maximum atomic E-state index is 12.5. The van der Waals surface area contributed by atoms with Crippen molar-refractivity contribution in [2.75, 3.05) is 51.3 Å². The molecule has 2 aromatic carbocycles. The van der Waals surface area contributed by atoms with Crippen molar-refractivity contribution in [3.05, 3.63) is 53.6 Å². The highest BCUT2D eigenvalue weighted by Gasteiger charge is 2.19. The van der Waals surface area contributed by atoms with Crippen molar-refractivity contribution in [2.24, 2.45) is 0 Å². The van der Waals surface area contributed by atoms with Crippen LogP contribution < -0.4 is 14.8 Å². The molecule has 1 saturated heterocycles. The molecule has 2 aromatic rings. The average molecular weight is 412 g/mol. The molecule has 162 valence electrons. The third-order valence-corrected chi connectivity index (χ3v) is 5.31. The van der Waals surface area contributed by atoms with Crippen LogP contribution in [0.5, 0.6) is 11.5 Å². The van der Waals surface area contributed by atoms with Gasteiger partial charge < -0.3 is 14.8 Å². The highest BCUT2D eigenvalue weighted by atomic mass is 16.5. The Balaban J connectivity index is 1.48. The Kier molecular flexibility index (Phi) is 8.11. The van der Waals surface area contributed by atoms with Crippen LogP contribution in [0.25, 0.3) is 0 Å². The van der Waals surface area contributed by atoms with Crippen LogP contribution in [0.3, 0.4) is 0 Å². The summed E-state index contributed by atoms with van der Waals surface area (Å²) in [6, 6.07) is 14.1. The molecular weight excluding hydrogens is 378 g/mol. The number of carbonyl (C=O) groups excluding carboxylic acids is 1. The molecule has 0 unspecified atom stereocenters. The molecule has 0 aliphatic carbocycles. The number of amides is 1. The van der Waals surface area contributed by atoms with Crippen LogP contribution in [-0.4, -0.2) is 61.6 Å². The predicted octanol–water partition coefficient (Wildman–Crippen LogP) is 3.55. The quantitative estimate of drug-likeness (QED) is 0.684. The highest BCUT2D eigenvalue weighted by molar-refractivity contribution is 5.92. The van der Waals surface area contributed by atoms with Crippen molar-refractivity contribution in [3.8, 4) is 11.5 Å². The van der Waals surface area contributed by atoms with Gasteiger partial charge in [-0.15, -0.1) is 0 Å². The van der Waals surface area contributed by atoms with E-state index in [1.807, 2.05) is 32.0 Å². The monoisotopic (exact) mass is 411 g/mol. The summed E-state index contributed by atoms with van der Waals surface area (Å²) in [6.45, 7) is 12.2. The molecule has 1 aliphatic heterocycles. The number of benzene rings is 2. The van der Waals surface area contributed by atoms with Crippen molar-refractivity contribution < 1.29 is 14.3 Å². The Morgan fingerprint density at radius 3 is 2.30 bits per heavy atom. The van der Waals surface area contributed by atoms with Crippen molar-refractivity contribution in [1.82, 2.24) is 9.80 Å². The van der Waals surface area contributed by atoms with Gasteiger partial charge in [0.25, 0.3) is 0 Å². The van der Waals surface area contributed by atoms with Crippen molar-refractivity contribution in [3.63, 3.8) is 0 Å². The second-order valence-corrected chi connectivity index (χ2v) is 7.55. The lowest BCUT2D eigenvalue weighted by Gasteiger charge is -2.34. The number of carbonyl (C=O) groups is 1. The SMILES string of the molecule is CCOc1ccc(NC(=O)CN2CCN(Cc3ccccc3C)CC2)cc1OCC. The number of hydrogen-bond acceptors (Lipinski definition) is 5. The summed E-state index contributed by atoms with van der Waals surface area (Å²) in [5.41, 5.74) is 3.44. The number of nitrogens with zero attached hydrogens (tertiary/aromatic N) is 2. The molecule has 1 amide bonds. The van der Waals surface area contributed by atoms with Gasteiger partial charge in [0.1, 0.15) is 0 Å². The van der Waals surface area contributed by atoms with Crippen LogP contribution in [-0.2, 0) is 11.3 Å². The van der Waals surface area contributed by atoms with E-state index in [0.29, 0.717) is 31.3 Å². The van der Waals surface area contributed by atoms with Gasteiger partial charge in [0.05, 0.1) is 19.8 Å². The second-order valence-electron chi connectivity index (χ2n) is 7.55. The normalized spacial score (nSPS) is 15.0. The van der Waals surface area contributed by atoms with Gasteiger partial charge in [0, 0.05) is 44.5 Å². The van der Waals surface area contributed by atoms with Gasteiger partial charge in [-0.05, 0) is 44.0 Å². The molecule has 6 heteroatoms. The Bertz CT molecular complexity index is 832. The number of piperazine rings is 1. The van der Waals surface area contributed by atoms with Gasteiger partial charge in [-0.25, -0.2) is 0 Å². The zero-order chi connectivity index (χ0) is 21.3. The minimum atomic E-state index is -0.00559. The maximum absolute atomic E-state index is 12.5. The summed E-state index contributed by atoms with van der Waals surface area (Å²) < 4.78 is 11.2. The summed E-state index contributed by atoms with van der Waals surface area (Å²) in [7, 11) is 0. The molecule has 1 aliphatic rings. The van der Waals surface area contributed by atoms with Gasteiger partial charge in [0.2, 0.25) is 5.91 Å². The summed E-state index contributed by atoms with van der Waals surface area (Å²) in [4.78, 5) is 17.2. The molecule has 0 atom stereocenters. The van der Waals surface area contributed by atoms with E-state index in [1.165, 1.54) is 11.1 Å². The molecule has 0 aromatic heterocycles. The minimum absolute atomic E-state index is 0.00559. The number of aryl methyl sites for hydroxylation is 1. The molecule has 6 nitrogen and oxygen atoms in total. The first-order valence-corrected chi connectivity index (χ1v) is 10.8. The van der Waals surface area contributed by atoms with Gasteiger partial charge in [-0.2, -0.15) is 0 Å². The standard InChI is InChI=1S/C24H33N3O3/c1-4-29-22-11-10-21(16-23(22)30-5-2)25-24(28)18-27-14-12-26(13-15-27)17-20-9-7-6-8-19(20)3/h6-11,16H,4-5,12-15,17-18H2,1-3H3,(H,25,28). The lowest BCUT2D eigenvalue weighted by molar-refractivity contribution is -0.117. The lowest BCUT2D eigenvalue weighted by atomic mass is 10.1. The number of ether oxygens (including phenoxy) is 2. The van der Waals surface area contributed by atoms with Crippen molar-refractivity contribution >= 4 is 11.6 Å². The van der Waals surface area contributed by atoms with Crippen LogP contribution in [0, 0.1) is 6.92 Å². The van der Waals surface area contributed by atoms with Gasteiger partial charge >= 0.3 is 0 Å². The Morgan fingerprint density at radius 2 is 1.60 bits per heavy atom. The van der Waals surface area contributed by atoms with E-state index in [-0.39, 0.29) is 5.91 Å². The first-order valence-electron chi connectivity index (χ1n) is 10.8. The molecule has 3 rings (SSSR count). The zero-order valence-electron chi connectivity index (χ0n) is 18.3. The van der Waals surface area contributed by atoms with Crippen molar-refractivity contribution in [2.45, 2.75) is 27.3 Å². The number of anilines is 1. The number of rotatable bonds is 9. The Morgan fingerprint density at radius 1 is 0.933 bits per heavy atom. The molecule has 0 bridgehead atoms. The Labute approximate surface area is 179 Å². The molecule has 1 heterocycles. The first-order chi connectivity index (χ1) is 14.6. The fourth-order valence-electron chi connectivity index (χ4n) is 3.67. The molecule has 1 N–H and O–H groups in total. The van der Waals surface area contributed by atoms with Gasteiger partial charge in [-0.1, -0.05) is 24.3 Å². The van der Waals surface area contributed by atoms with Gasteiger partial charge in [0.15, 0.2) is 11.5 Å². The van der Waals surface area contributed by atoms with Crippen LogP contribution in [0.2, 0.25) is 0 Å². The molecule has 0 spiro atoms. The van der Waals surface area contributed by atoms with Crippen LogP contribution in [0.1, 0.15) is 25.0 Å². The van der Waals surface area contributed by atoms with Gasteiger partial charge in [-0.3, -0.25) is 14.6 Å². The summed E-state index contributed by atoms with van der Waals surface area (Å²) in [5.74, 6) is 1.35. The molecule has 0 radical (unpaired) electrons. The van der Waals surface area contributed by atoms with E-state index >= 15 is 0 Å². The number of hydrogen-bond donors (Lipinski definition) is 1. The Hall–Kier alpha value is -2.57. The first kappa shape index (κ1) is 22.1. The van der Waals surface area contributed by atoms with Crippen LogP contribution in [0.4, 0.5) is 5.69 Å². The molecular formula is C24H33N3O3. The van der Waals surface area contributed by atoms with Crippen molar-refractivity contribution in [1.29, 1.82) is 0 Å².